The van der Waals surface area contributed by atoms with Crippen molar-refractivity contribution in [2.45, 2.75) is 11.5 Å². The lowest BCUT2D eigenvalue weighted by molar-refractivity contribution is -0.385. The quantitative estimate of drug-likeness (QED) is 0.118. The number of H-pyrrole nitrogens is 2. The Kier molecular flexibility index (Phi) is 8.85. The van der Waals surface area contributed by atoms with Gasteiger partial charge in [0.1, 0.15) is 0 Å². The predicted octanol–water partition coefficient (Wildman–Crippen LogP) is 7.15. The molecule has 16 nitrogen and oxygen atoms in total. The standard InChI is InChI=1S/C44H28N8O8/c53-49(54)32-11-1-26(2-12-32)42-36-19-9-30(45-36)25-31-10-20-37(46-31)43(27-3-13-33(14-4-27)50(55)56)39-22-24-41(48-39)44(40-23-21-38(42)47-40,28-5-15-34(16-6-28)51(57)58)29-7-17-35(18-8-29)52(59)60/h1-25,40,46,48H/b31-25-,42-36-,43-37-. The molecule has 0 saturated carbocycles. The Hall–Kier alpha value is -8.66. The molecule has 5 heterocycles. The second-order valence-electron chi connectivity index (χ2n) is 14.1. The summed E-state index contributed by atoms with van der Waals surface area (Å²) in [7, 11) is 0. The minimum atomic E-state index is -1.34. The molecule has 1 atom stereocenters. The van der Waals surface area contributed by atoms with E-state index in [1.807, 2.05) is 54.6 Å². The third kappa shape index (κ3) is 6.29. The fourth-order valence-corrected chi connectivity index (χ4v) is 8.03. The Morgan fingerprint density at radius 3 is 1.58 bits per heavy atom. The van der Waals surface area contributed by atoms with Gasteiger partial charge in [-0.1, -0.05) is 30.3 Å². The molecule has 4 aromatic carbocycles. The lowest BCUT2D eigenvalue weighted by Gasteiger charge is -2.38. The van der Waals surface area contributed by atoms with Crippen molar-refractivity contribution in [3.8, 4) is 0 Å². The minimum absolute atomic E-state index is 0.0831. The normalized spacial score (nSPS) is 18.9. The summed E-state index contributed by atoms with van der Waals surface area (Å²) in [4.78, 5) is 62.5. The van der Waals surface area contributed by atoms with Crippen molar-refractivity contribution in [1.29, 1.82) is 0 Å². The van der Waals surface area contributed by atoms with Crippen LogP contribution in [-0.4, -0.2) is 47.1 Å². The number of nitro benzene ring substituents is 4. The zero-order valence-electron chi connectivity index (χ0n) is 31.0. The molecule has 0 amide bonds. The highest BCUT2D eigenvalue weighted by atomic mass is 16.6. The van der Waals surface area contributed by atoms with E-state index >= 15 is 0 Å². The molecule has 1 unspecified atom stereocenters. The number of hydrogen-bond acceptors (Lipinski definition) is 10. The lowest BCUT2D eigenvalue weighted by atomic mass is 9.67. The van der Waals surface area contributed by atoms with E-state index in [-0.39, 0.29) is 22.7 Å². The fourth-order valence-electron chi connectivity index (χ4n) is 8.03. The van der Waals surface area contributed by atoms with Crippen molar-refractivity contribution in [2.24, 2.45) is 9.98 Å². The van der Waals surface area contributed by atoms with Gasteiger partial charge in [0.2, 0.25) is 0 Å². The topological polar surface area (TPSA) is 229 Å². The van der Waals surface area contributed by atoms with Gasteiger partial charge in [-0.25, -0.2) is 4.99 Å². The molecular weight excluding hydrogens is 769 g/mol. The Balaban J connectivity index is 1.38. The van der Waals surface area contributed by atoms with Crippen molar-refractivity contribution in [3.63, 3.8) is 0 Å². The largest absolute Gasteiger partial charge is 0.357 e. The number of aromatic nitrogens is 2. The number of hydrogen-bond donors (Lipinski definition) is 2. The van der Waals surface area contributed by atoms with Gasteiger partial charge in [0.25, 0.3) is 22.7 Å². The second-order valence-corrected chi connectivity index (χ2v) is 14.1. The van der Waals surface area contributed by atoms with Gasteiger partial charge in [-0.05, 0) is 95.1 Å². The number of allylic oxidation sites excluding steroid dienone is 4. The first-order chi connectivity index (χ1) is 29.0. The van der Waals surface area contributed by atoms with Crippen LogP contribution >= 0.6 is 0 Å². The van der Waals surface area contributed by atoms with Crippen molar-refractivity contribution < 1.29 is 19.7 Å². The van der Waals surface area contributed by atoms with Crippen LogP contribution in [0.1, 0.15) is 33.6 Å². The highest BCUT2D eigenvalue weighted by molar-refractivity contribution is 6.32. The van der Waals surface area contributed by atoms with E-state index in [1.165, 1.54) is 48.5 Å². The van der Waals surface area contributed by atoms with Gasteiger partial charge in [-0.2, -0.15) is 0 Å². The molecule has 8 bridgehead atoms. The molecule has 3 aliphatic rings. The van der Waals surface area contributed by atoms with Crippen LogP contribution in [-0.2, 0) is 5.41 Å². The zero-order valence-corrected chi connectivity index (χ0v) is 31.0. The third-order valence-electron chi connectivity index (χ3n) is 10.8. The van der Waals surface area contributed by atoms with Gasteiger partial charge in [0, 0.05) is 81.8 Å². The maximum Gasteiger partial charge on any atom is 0.269 e. The number of fused-ring (bicyclic) bond motifs is 6. The van der Waals surface area contributed by atoms with E-state index in [9.17, 15) is 40.5 Å². The Morgan fingerprint density at radius 2 is 1.05 bits per heavy atom. The molecule has 16 heteroatoms. The van der Waals surface area contributed by atoms with Crippen LogP contribution < -0.4 is 10.7 Å². The number of non-ortho nitro benzene ring substituents is 4. The molecule has 3 aliphatic heterocycles. The summed E-state index contributed by atoms with van der Waals surface area (Å²) in [6, 6.07) is 31.1. The molecule has 0 radical (unpaired) electrons. The number of rotatable bonds is 8. The molecule has 60 heavy (non-hydrogen) atoms. The second kappa shape index (κ2) is 14.4. The highest BCUT2D eigenvalue weighted by Crippen LogP contribution is 2.47. The first kappa shape index (κ1) is 36.9. The zero-order chi connectivity index (χ0) is 41.7. The molecule has 2 aromatic heterocycles. The first-order valence-electron chi connectivity index (χ1n) is 18.4. The molecule has 0 saturated heterocycles. The number of nitro groups is 4. The van der Waals surface area contributed by atoms with Gasteiger partial charge in [0.05, 0.1) is 48.3 Å². The fraction of sp³-hybridized carbons (Fsp3) is 0.0455. The summed E-state index contributed by atoms with van der Waals surface area (Å²) in [5, 5.41) is 48.4. The Bertz CT molecular complexity index is 3020. The number of nitrogens with one attached hydrogen (secondary N) is 2. The van der Waals surface area contributed by atoms with Crippen LogP contribution in [0.3, 0.4) is 0 Å². The number of benzene rings is 4. The average molecular weight is 797 g/mol. The van der Waals surface area contributed by atoms with Crippen molar-refractivity contribution in [1.82, 2.24) is 9.97 Å². The Morgan fingerprint density at radius 1 is 0.533 bits per heavy atom. The summed E-state index contributed by atoms with van der Waals surface area (Å²) in [5.41, 5.74) is 4.64. The Labute approximate surface area is 337 Å². The van der Waals surface area contributed by atoms with E-state index in [2.05, 4.69) is 9.97 Å². The van der Waals surface area contributed by atoms with E-state index in [1.54, 1.807) is 48.5 Å². The smallest absolute Gasteiger partial charge is 0.269 e. The maximum absolute atomic E-state index is 11.9. The molecule has 292 valence electrons. The molecule has 0 spiro atoms. The van der Waals surface area contributed by atoms with Gasteiger partial charge in [0.15, 0.2) is 0 Å². The lowest BCUT2D eigenvalue weighted by Crippen LogP contribution is -2.40. The summed E-state index contributed by atoms with van der Waals surface area (Å²) >= 11 is 0. The van der Waals surface area contributed by atoms with Crippen LogP contribution in [0.5, 0.6) is 0 Å². The van der Waals surface area contributed by atoms with Crippen LogP contribution in [0.4, 0.5) is 22.7 Å². The highest BCUT2D eigenvalue weighted by Gasteiger charge is 2.46. The molecule has 0 aliphatic carbocycles. The van der Waals surface area contributed by atoms with Crippen LogP contribution in [0.15, 0.2) is 161 Å². The van der Waals surface area contributed by atoms with Crippen molar-refractivity contribution >= 4 is 51.4 Å². The van der Waals surface area contributed by atoms with Crippen LogP contribution in [0.25, 0.3) is 17.2 Å². The van der Waals surface area contributed by atoms with Gasteiger partial charge in [-0.3, -0.25) is 45.4 Å². The van der Waals surface area contributed by atoms with Crippen molar-refractivity contribution in [3.05, 3.63) is 236 Å². The summed E-state index contributed by atoms with van der Waals surface area (Å²) in [6.07, 6.45) is 9.25. The first-order valence-corrected chi connectivity index (χ1v) is 18.4. The number of aliphatic imine (C=N–C) groups is 2. The molecule has 9 rings (SSSR count). The van der Waals surface area contributed by atoms with Crippen LogP contribution in [0.2, 0.25) is 0 Å². The summed E-state index contributed by atoms with van der Waals surface area (Å²) in [5.74, 6) is 0. The van der Waals surface area contributed by atoms with Crippen molar-refractivity contribution in [2.75, 3.05) is 0 Å². The van der Waals surface area contributed by atoms with Gasteiger partial charge in [-0.15, -0.1) is 0 Å². The van der Waals surface area contributed by atoms with Gasteiger partial charge >= 0.3 is 0 Å². The number of aromatic amines is 2. The molecule has 6 aromatic rings. The monoisotopic (exact) mass is 796 g/mol. The maximum atomic E-state index is 11.9. The average Bonchev–Trinajstić information content (AvgIpc) is 4.10. The SMILES string of the molecule is O=[N+]([O-])c1ccc(/C2=C3\C=CC(=N3)/C=c3/cc/c([nH]3)=C(\c3ccc([N+](=O)[O-])cc3)c3ccc([nH]3)C(c3ccc([N+](=O)[O-])cc3)(c3ccc([N+](=O)[O-])cc3)C3C=CC2=N3)cc1. The summed E-state index contributed by atoms with van der Waals surface area (Å²) < 4.78 is 0. The predicted molar refractivity (Wildman–Crippen MR) is 223 cm³/mol. The third-order valence-corrected chi connectivity index (χ3v) is 10.8. The van der Waals surface area contributed by atoms with Gasteiger partial charge < -0.3 is 9.97 Å². The van der Waals surface area contributed by atoms with E-state index in [0.29, 0.717) is 72.6 Å². The van der Waals surface area contributed by atoms with E-state index in [0.717, 1.165) is 0 Å². The van der Waals surface area contributed by atoms with E-state index < -0.39 is 31.2 Å². The number of nitrogens with zero attached hydrogens (tertiary/aromatic N) is 6. The minimum Gasteiger partial charge on any atom is -0.357 e. The molecule has 2 N–H and O–H groups in total. The summed E-state index contributed by atoms with van der Waals surface area (Å²) in [6.45, 7) is 0. The molecular formula is C44H28N8O8. The molecule has 0 fully saturated rings. The van der Waals surface area contributed by atoms with Crippen LogP contribution in [0, 0.1) is 40.5 Å². The van der Waals surface area contributed by atoms with E-state index in [4.69, 9.17) is 9.98 Å².